The lowest BCUT2D eigenvalue weighted by Gasteiger charge is -2.27. The minimum atomic E-state index is 0.871. The van der Waals surface area contributed by atoms with Crippen molar-refractivity contribution in [1.29, 1.82) is 0 Å². The standard InChI is InChI=1S/C13H16/c1-8-9(2)13-7-12(8)10-5-3-4-6-11(10)13/h3-6,8-9,12-13H,7H2,1-2H3/t8-,9+,12-,13-/m0/s1. The second-order valence-corrected chi connectivity index (χ2v) is 4.80. The molecule has 0 heteroatoms. The van der Waals surface area contributed by atoms with E-state index in [9.17, 15) is 0 Å². The van der Waals surface area contributed by atoms with Crippen molar-refractivity contribution in [3.8, 4) is 0 Å². The molecular formula is C13H16. The molecule has 1 aromatic carbocycles. The molecule has 0 unspecified atom stereocenters. The van der Waals surface area contributed by atoms with Gasteiger partial charge in [-0.2, -0.15) is 0 Å². The highest BCUT2D eigenvalue weighted by Gasteiger charge is 2.46. The largest absolute Gasteiger partial charge is 0.0620 e. The Hall–Kier alpha value is -0.780. The van der Waals surface area contributed by atoms with Crippen LogP contribution in [0.1, 0.15) is 43.2 Å². The van der Waals surface area contributed by atoms with E-state index < -0.39 is 0 Å². The number of hydrogen-bond acceptors (Lipinski definition) is 0. The predicted octanol–water partition coefficient (Wildman–Crippen LogP) is 3.54. The summed E-state index contributed by atoms with van der Waals surface area (Å²) < 4.78 is 0. The SMILES string of the molecule is C[C@@H]1[C@H](C)[C@@H]2C[C@@H]1c1ccccc12. The molecule has 2 aliphatic carbocycles. The van der Waals surface area contributed by atoms with Crippen LogP contribution >= 0.6 is 0 Å². The maximum Gasteiger partial charge on any atom is -0.0125 e. The zero-order valence-corrected chi connectivity index (χ0v) is 8.33. The van der Waals surface area contributed by atoms with Crippen molar-refractivity contribution in [2.45, 2.75) is 32.1 Å². The Morgan fingerprint density at radius 3 is 1.85 bits per heavy atom. The van der Waals surface area contributed by atoms with Gasteiger partial charge < -0.3 is 0 Å². The van der Waals surface area contributed by atoms with Gasteiger partial charge in [-0.05, 0) is 41.2 Å². The van der Waals surface area contributed by atoms with E-state index in [4.69, 9.17) is 0 Å². The highest BCUT2D eigenvalue weighted by atomic mass is 14.5. The average Bonchev–Trinajstić information content (AvgIpc) is 2.66. The Balaban J connectivity index is 2.16. The van der Waals surface area contributed by atoms with E-state index in [1.54, 1.807) is 11.1 Å². The molecule has 1 saturated carbocycles. The molecule has 0 aromatic heterocycles. The van der Waals surface area contributed by atoms with E-state index in [2.05, 4.69) is 38.1 Å². The van der Waals surface area contributed by atoms with Crippen molar-refractivity contribution in [2.24, 2.45) is 11.8 Å². The van der Waals surface area contributed by atoms with Crippen LogP contribution in [0.25, 0.3) is 0 Å². The fourth-order valence-corrected chi connectivity index (χ4v) is 3.44. The van der Waals surface area contributed by atoms with E-state index >= 15 is 0 Å². The fourth-order valence-electron chi connectivity index (χ4n) is 3.44. The summed E-state index contributed by atoms with van der Waals surface area (Å²) in [6.45, 7) is 4.84. The second kappa shape index (κ2) is 2.37. The Morgan fingerprint density at radius 1 is 0.923 bits per heavy atom. The average molecular weight is 172 g/mol. The van der Waals surface area contributed by atoms with Gasteiger partial charge in [-0.1, -0.05) is 38.1 Å². The Labute approximate surface area is 80.0 Å². The third-order valence-electron chi connectivity index (χ3n) is 4.40. The molecule has 68 valence electrons. The van der Waals surface area contributed by atoms with Gasteiger partial charge in [0.1, 0.15) is 0 Å². The molecule has 0 heterocycles. The molecular weight excluding hydrogens is 156 g/mol. The van der Waals surface area contributed by atoms with E-state index in [1.165, 1.54) is 6.42 Å². The van der Waals surface area contributed by atoms with Crippen LogP contribution in [0.3, 0.4) is 0 Å². The van der Waals surface area contributed by atoms with Crippen molar-refractivity contribution in [2.75, 3.05) is 0 Å². The van der Waals surface area contributed by atoms with Crippen LogP contribution in [0.4, 0.5) is 0 Å². The van der Waals surface area contributed by atoms with Crippen molar-refractivity contribution >= 4 is 0 Å². The van der Waals surface area contributed by atoms with Gasteiger partial charge in [-0.3, -0.25) is 0 Å². The minimum absolute atomic E-state index is 0.871. The first-order valence-corrected chi connectivity index (χ1v) is 5.38. The van der Waals surface area contributed by atoms with Crippen LogP contribution in [0.2, 0.25) is 0 Å². The molecule has 1 fully saturated rings. The van der Waals surface area contributed by atoms with Crippen molar-refractivity contribution in [3.05, 3.63) is 35.4 Å². The van der Waals surface area contributed by atoms with Gasteiger partial charge in [-0.25, -0.2) is 0 Å². The van der Waals surface area contributed by atoms with Gasteiger partial charge in [-0.15, -0.1) is 0 Å². The van der Waals surface area contributed by atoms with Crippen LogP contribution in [-0.2, 0) is 0 Å². The molecule has 0 aliphatic heterocycles. The van der Waals surface area contributed by atoms with E-state index in [0.29, 0.717) is 0 Å². The van der Waals surface area contributed by atoms with Gasteiger partial charge >= 0.3 is 0 Å². The van der Waals surface area contributed by atoms with Gasteiger partial charge in [0.25, 0.3) is 0 Å². The summed E-state index contributed by atoms with van der Waals surface area (Å²) in [4.78, 5) is 0. The number of hydrogen-bond donors (Lipinski definition) is 0. The first-order chi connectivity index (χ1) is 6.29. The lowest BCUT2D eigenvalue weighted by molar-refractivity contribution is 0.381. The molecule has 2 bridgehead atoms. The summed E-state index contributed by atoms with van der Waals surface area (Å²) in [5, 5.41) is 0. The Kier molecular flexibility index (Phi) is 1.39. The lowest BCUT2D eigenvalue weighted by Crippen LogP contribution is -2.16. The normalized spacial score (nSPS) is 40.8. The van der Waals surface area contributed by atoms with Gasteiger partial charge in [0.15, 0.2) is 0 Å². The molecule has 0 spiro atoms. The third kappa shape index (κ3) is 0.815. The maximum atomic E-state index is 2.42. The molecule has 0 N–H and O–H groups in total. The minimum Gasteiger partial charge on any atom is -0.0620 e. The highest BCUT2D eigenvalue weighted by Crippen LogP contribution is 2.58. The van der Waals surface area contributed by atoms with Gasteiger partial charge in [0.2, 0.25) is 0 Å². The molecule has 0 nitrogen and oxygen atoms in total. The van der Waals surface area contributed by atoms with E-state index in [0.717, 1.165) is 23.7 Å². The summed E-state index contributed by atoms with van der Waals surface area (Å²) in [7, 11) is 0. The molecule has 4 atom stereocenters. The van der Waals surface area contributed by atoms with Gasteiger partial charge in [0, 0.05) is 0 Å². The third-order valence-corrected chi connectivity index (χ3v) is 4.40. The Bertz CT molecular complexity index is 307. The molecule has 1 aromatic rings. The van der Waals surface area contributed by atoms with Crippen LogP contribution < -0.4 is 0 Å². The lowest BCUT2D eigenvalue weighted by atomic mass is 9.78. The zero-order valence-electron chi connectivity index (χ0n) is 8.33. The second-order valence-electron chi connectivity index (χ2n) is 4.80. The number of fused-ring (bicyclic) bond motifs is 5. The molecule has 0 radical (unpaired) electrons. The fraction of sp³-hybridized carbons (Fsp3) is 0.538. The topological polar surface area (TPSA) is 0 Å². The van der Waals surface area contributed by atoms with Gasteiger partial charge in [0.05, 0.1) is 0 Å². The molecule has 13 heavy (non-hydrogen) atoms. The van der Waals surface area contributed by atoms with E-state index in [-0.39, 0.29) is 0 Å². The number of rotatable bonds is 0. The van der Waals surface area contributed by atoms with Crippen LogP contribution in [0, 0.1) is 11.8 Å². The summed E-state index contributed by atoms with van der Waals surface area (Å²) in [5.74, 6) is 3.55. The van der Waals surface area contributed by atoms with Crippen LogP contribution in [0.5, 0.6) is 0 Å². The number of benzene rings is 1. The maximum absolute atomic E-state index is 2.42. The van der Waals surface area contributed by atoms with Crippen molar-refractivity contribution in [1.82, 2.24) is 0 Å². The predicted molar refractivity (Wildman–Crippen MR) is 54.9 cm³/mol. The van der Waals surface area contributed by atoms with Crippen LogP contribution in [0.15, 0.2) is 24.3 Å². The van der Waals surface area contributed by atoms with Crippen molar-refractivity contribution < 1.29 is 0 Å². The molecule has 3 rings (SSSR count). The Morgan fingerprint density at radius 2 is 1.38 bits per heavy atom. The van der Waals surface area contributed by atoms with E-state index in [1.807, 2.05) is 0 Å². The first-order valence-electron chi connectivity index (χ1n) is 5.38. The molecule has 0 saturated heterocycles. The smallest absolute Gasteiger partial charge is 0.0125 e. The quantitative estimate of drug-likeness (QED) is 0.561. The monoisotopic (exact) mass is 172 g/mol. The van der Waals surface area contributed by atoms with Crippen LogP contribution in [-0.4, -0.2) is 0 Å². The van der Waals surface area contributed by atoms with Crippen molar-refractivity contribution in [3.63, 3.8) is 0 Å². The zero-order chi connectivity index (χ0) is 9.00. The summed E-state index contributed by atoms with van der Waals surface area (Å²) in [6.07, 6.45) is 1.42. The summed E-state index contributed by atoms with van der Waals surface area (Å²) >= 11 is 0. The summed E-state index contributed by atoms with van der Waals surface area (Å²) in [5.41, 5.74) is 3.30. The summed E-state index contributed by atoms with van der Waals surface area (Å²) in [6, 6.07) is 9.05. The first kappa shape index (κ1) is 7.61. The highest BCUT2D eigenvalue weighted by molar-refractivity contribution is 5.42. The molecule has 0 amide bonds. The molecule has 2 aliphatic rings.